The monoisotopic (exact) mass is 446 g/mol. The lowest BCUT2D eigenvalue weighted by molar-refractivity contribution is -0.138. The average molecular weight is 447 g/mol. The highest BCUT2D eigenvalue weighted by molar-refractivity contribution is 7.89. The summed E-state index contributed by atoms with van der Waals surface area (Å²) in [6, 6.07) is 14.6. The first-order valence-corrected chi connectivity index (χ1v) is 11.8. The molecule has 1 aliphatic heterocycles. The van der Waals surface area contributed by atoms with Gasteiger partial charge >= 0.3 is 5.97 Å². The zero-order chi connectivity index (χ0) is 22.3. The van der Waals surface area contributed by atoms with Gasteiger partial charge in [0.15, 0.2) is 0 Å². The standard InChI is InChI=1S/C23H27FN2O4S/c1-2-30-23(27)20(16-18-8-10-21(24)11-9-18)17-22(19-6-4-3-5-7-19)31(28,29)26-14-12-25-13-15-26/h3-11,16,22,25H,2,12-15,17H2,1H3. The van der Waals surface area contributed by atoms with Crippen molar-refractivity contribution in [3.63, 3.8) is 0 Å². The number of halogens is 1. The van der Waals surface area contributed by atoms with Crippen LogP contribution in [0.4, 0.5) is 4.39 Å². The molecule has 0 aliphatic carbocycles. The number of nitrogens with one attached hydrogen (secondary N) is 1. The minimum Gasteiger partial charge on any atom is -0.463 e. The van der Waals surface area contributed by atoms with Crippen LogP contribution in [0.1, 0.15) is 29.7 Å². The largest absolute Gasteiger partial charge is 0.463 e. The summed E-state index contributed by atoms with van der Waals surface area (Å²) in [4.78, 5) is 12.7. The van der Waals surface area contributed by atoms with E-state index in [0.29, 0.717) is 37.3 Å². The first kappa shape index (κ1) is 23.1. The van der Waals surface area contributed by atoms with Gasteiger partial charge in [0, 0.05) is 38.2 Å². The van der Waals surface area contributed by atoms with Crippen LogP contribution in [0, 0.1) is 5.82 Å². The molecule has 1 unspecified atom stereocenters. The van der Waals surface area contributed by atoms with Crippen LogP contribution in [-0.2, 0) is 19.6 Å². The maximum absolute atomic E-state index is 13.6. The van der Waals surface area contributed by atoms with Crippen LogP contribution < -0.4 is 5.32 Å². The van der Waals surface area contributed by atoms with Gasteiger partial charge < -0.3 is 10.1 Å². The minimum atomic E-state index is -3.73. The van der Waals surface area contributed by atoms with Crippen LogP contribution in [0.3, 0.4) is 0 Å². The molecule has 0 aromatic heterocycles. The second kappa shape index (κ2) is 10.7. The quantitative estimate of drug-likeness (QED) is 0.498. The van der Waals surface area contributed by atoms with Crippen molar-refractivity contribution in [2.45, 2.75) is 18.6 Å². The Morgan fingerprint density at radius 1 is 1.13 bits per heavy atom. The van der Waals surface area contributed by atoms with E-state index >= 15 is 0 Å². The van der Waals surface area contributed by atoms with Gasteiger partial charge in [0.2, 0.25) is 10.0 Å². The number of hydrogen-bond acceptors (Lipinski definition) is 5. The summed E-state index contributed by atoms with van der Waals surface area (Å²) in [5.41, 5.74) is 1.42. The molecule has 8 heteroatoms. The van der Waals surface area contributed by atoms with Crippen LogP contribution in [-0.4, -0.2) is 51.5 Å². The Labute approximate surface area is 182 Å². The van der Waals surface area contributed by atoms with Gasteiger partial charge in [-0.15, -0.1) is 0 Å². The third kappa shape index (κ3) is 6.00. The van der Waals surface area contributed by atoms with Crippen molar-refractivity contribution in [1.82, 2.24) is 9.62 Å². The summed E-state index contributed by atoms with van der Waals surface area (Å²) < 4.78 is 47.1. The van der Waals surface area contributed by atoms with Gasteiger partial charge in [-0.2, -0.15) is 4.31 Å². The van der Waals surface area contributed by atoms with E-state index < -0.39 is 27.1 Å². The Kier molecular flexibility index (Phi) is 7.95. The van der Waals surface area contributed by atoms with Crippen LogP contribution in [0.25, 0.3) is 6.08 Å². The summed E-state index contributed by atoms with van der Waals surface area (Å²) in [5.74, 6) is -0.971. The molecule has 0 amide bonds. The molecule has 1 saturated heterocycles. The molecule has 1 N–H and O–H groups in total. The summed E-state index contributed by atoms with van der Waals surface area (Å²) in [6.45, 7) is 3.78. The SMILES string of the molecule is CCOC(=O)C(=Cc1ccc(F)cc1)CC(c1ccccc1)S(=O)(=O)N1CCNCC1. The molecule has 2 aromatic carbocycles. The van der Waals surface area contributed by atoms with Gasteiger partial charge in [-0.3, -0.25) is 0 Å². The number of rotatable bonds is 8. The Hall–Kier alpha value is -2.55. The highest BCUT2D eigenvalue weighted by Gasteiger charge is 2.35. The number of ether oxygens (including phenoxy) is 1. The van der Waals surface area contributed by atoms with Crippen molar-refractivity contribution in [2.24, 2.45) is 0 Å². The fourth-order valence-corrected chi connectivity index (χ4v) is 5.47. The smallest absolute Gasteiger partial charge is 0.334 e. The van der Waals surface area contributed by atoms with Crippen molar-refractivity contribution >= 4 is 22.1 Å². The van der Waals surface area contributed by atoms with E-state index in [1.165, 1.54) is 28.6 Å². The second-order valence-electron chi connectivity index (χ2n) is 7.24. The minimum absolute atomic E-state index is 0.0491. The lowest BCUT2D eigenvalue weighted by atomic mass is 10.0. The molecular weight excluding hydrogens is 419 g/mol. The molecule has 0 bridgehead atoms. The number of carbonyl (C=O) groups is 1. The molecule has 1 aliphatic rings. The number of esters is 1. The van der Waals surface area contributed by atoms with E-state index in [2.05, 4.69) is 5.32 Å². The summed E-state index contributed by atoms with van der Waals surface area (Å²) in [7, 11) is -3.73. The second-order valence-corrected chi connectivity index (χ2v) is 9.35. The molecule has 1 heterocycles. The van der Waals surface area contributed by atoms with Gasteiger partial charge in [-0.25, -0.2) is 17.6 Å². The van der Waals surface area contributed by atoms with E-state index in [0.717, 1.165) is 0 Å². The van der Waals surface area contributed by atoms with Crippen molar-refractivity contribution in [3.8, 4) is 0 Å². The third-order valence-electron chi connectivity index (χ3n) is 5.12. The molecule has 1 atom stereocenters. The van der Waals surface area contributed by atoms with Crippen LogP contribution in [0.5, 0.6) is 0 Å². The van der Waals surface area contributed by atoms with E-state index in [-0.39, 0.29) is 18.6 Å². The molecule has 6 nitrogen and oxygen atoms in total. The Bertz CT molecular complexity index is 1000. The third-order valence-corrected chi connectivity index (χ3v) is 7.36. The summed E-state index contributed by atoms with van der Waals surface area (Å²) in [6.07, 6.45) is 1.52. The normalized spacial score (nSPS) is 16.6. The molecule has 0 radical (unpaired) electrons. The van der Waals surface area contributed by atoms with Crippen molar-refractivity contribution < 1.29 is 22.3 Å². The number of nitrogens with zero attached hydrogens (tertiary/aromatic N) is 1. The van der Waals surface area contributed by atoms with E-state index in [4.69, 9.17) is 4.74 Å². The predicted molar refractivity (Wildman–Crippen MR) is 118 cm³/mol. The molecule has 3 rings (SSSR count). The average Bonchev–Trinajstić information content (AvgIpc) is 2.79. The summed E-state index contributed by atoms with van der Waals surface area (Å²) in [5, 5.41) is 2.21. The molecule has 166 valence electrons. The Balaban J connectivity index is 2.01. The zero-order valence-corrected chi connectivity index (χ0v) is 18.3. The predicted octanol–water partition coefficient (Wildman–Crippen LogP) is 3.14. The number of hydrogen-bond donors (Lipinski definition) is 1. The van der Waals surface area contributed by atoms with Gasteiger partial charge in [-0.05, 0) is 36.3 Å². The molecule has 0 saturated carbocycles. The zero-order valence-electron chi connectivity index (χ0n) is 17.5. The molecule has 2 aromatic rings. The van der Waals surface area contributed by atoms with Gasteiger partial charge in [0.25, 0.3) is 0 Å². The fraction of sp³-hybridized carbons (Fsp3) is 0.348. The maximum Gasteiger partial charge on any atom is 0.334 e. The van der Waals surface area contributed by atoms with Gasteiger partial charge in [0.05, 0.1) is 6.61 Å². The van der Waals surface area contributed by atoms with Gasteiger partial charge in [0.1, 0.15) is 11.1 Å². The highest BCUT2D eigenvalue weighted by Crippen LogP contribution is 2.33. The summed E-state index contributed by atoms with van der Waals surface area (Å²) >= 11 is 0. The van der Waals surface area contributed by atoms with Crippen LogP contribution in [0.2, 0.25) is 0 Å². The Morgan fingerprint density at radius 2 is 1.77 bits per heavy atom. The highest BCUT2D eigenvalue weighted by atomic mass is 32.2. The van der Waals surface area contributed by atoms with Crippen LogP contribution in [0.15, 0.2) is 60.2 Å². The molecular formula is C23H27FN2O4S. The van der Waals surface area contributed by atoms with Crippen LogP contribution >= 0.6 is 0 Å². The number of benzene rings is 2. The lowest BCUT2D eigenvalue weighted by Gasteiger charge is -2.31. The van der Waals surface area contributed by atoms with E-state index in [1.54, 1.807) is 37.3 Å². The van der Waals surface area contributed by atoms with Crippen molar-refractivity contribution in [2.75, 3.05) is 32.8 Å². The molecule has 1 fully saturated rings. The fourth-order valence-electron chi connectivity index (χ4n) is 3.53. The van der Waals surface area contributed by atoms with Gasteiger partial charge in [-0.1, -0.05) is 42.5 Å². The number of sulfonamides is 1. The first-order chi connectivity index (χ1) is 14.9. The van der Waals surface area contributed by atoms with E-state index in [1.807, 2.05) is 6.07 Å². The number of carbonyl (C=O) groups excluding carboxylic acids is 1. The van der Waals surface area contributed by atoms with Crippen molar-refractivity contribution in [3.05, 3.63) is 77.1 Å². The van der Waals surface area contributed by atoms with E-state index in [9.17, 15) is 17.6 Å². The topological polar surface area (TPSA) is 75.7 Å². The first-order valence-electron chi connectivity index (χ1n) is 10.3. The molecule has 31 heavy (non-hydrogen) atoms. The Morgan fingerprint density at radius 3 is 2.39 bits per heavy atom. The molecule has 0 spiro atoms. The van der Waals surface area contributed by atoms with Crippen molar-refractivity contribution in [1.29, 1.82) is 0 Å². The lowest BCUT2D eigenvalue weighted by Crippen LogP contribution is -2.47. The maximum atomic E-state index is 13.6. The number of piperazine rings is 1.